The van der Waals surface area contributed by atoms with Gasteiger partial charge in [0, 0.05) is 18.4 Å². The quantitative estimate of drug-likeness (QED) is 0.391. The van der Waals surface area contributed by atoms with Crippen molar-refractivity contribution in [1.82, 2.24) is 4.90 Å². The van der Waals surface area contributed by atoms with Gasteiger partial charge in [-0.1, -0.05) is 29.5 Å². The van der Waals surface area contributed by atoms with Crippen LogP contribution in [0.2, 0.25) is 0 Å². The molecule has 0 rings (SSSR count). The Labute approximate surface area is 135 Å². The molecule has 0 unspecified atom stereocenters. The van der Waals surface area contributed by atoms with Gasteiger partial charge >= 0.3 is 12.1 Å². The first-order chi connectivity index (χ1) is 9.06. The number of alkyl halides is 1. The van der Waals surface area contributed by atoms with Gasteiger partial charge in [0.05, 0.1) is 6.04 Å². The van der Waals surface area contributed by atoms with Gasteiger partial charge in [-0.25, -0.2) is 4.79 Å². The maximum atomic E-state index is 12.1. The minimum atomic E-state index is -0.536. The Bertz CT molecular complexity index is 328. The first-order valence-electron chi connectivity index (χ1n) is 6.72. The molecule has 5 nitrogen and oxygen atoms in total. The number of carbonyl (C=O) groups is 2. The lowest BCUT2D eigenvalue weighted by atomic mass is 10.0. The molecular formula is C14H26INO4. The zero-order chi connectivity index (χ0) is 15.9. The van der Waals surface area contributed by atoms with E-state index < -0.39 is 11.7 Å². The SMILES string of the molecule is CC(=O)OC[C@H](C[C@H](C)CI)N(C)C(=O)OC(C)(C)C. The molecule has 0 radical (unpaired) electrons. The number of ether oxygens (including phenoxy) is 2. The molecule has 0 aromatic carbocycles. The molecule has 0 heterocycles. The Kier molecular flexibility index (Phi) is 8.46. The van der Waals surface area contributed by atoms with Gasteiger partial charge in [-0.3, -0.25) is 4.79 Å². The Morgan fingerprint density at radius 3 is 2.25 bits per heavy atom. The van der Waals surface area contributed by atoms with Crippen molar-refractivity contribution in [2.24, 2.45) is 5.92 Å². The van der Waals surface area contributed by atoms with Crippen LogP contribution in [0.4, 0.5) is 4.79 Å². The summed E-state index contributed by atoms with van der Waals surface area (Å²) in [7, 11) is 1.68. The highest BCUT2D eigenvalue weighted by Crippen LogP contribution is 2.17. The van der Waals surface area contributed by atoms with Gasteiger partial charge in [-0.15, -0.1) is 0 Å². The number of amides is 1. The zero-order valence-corrected chi connectivity index (χ0v) is 15.4. The zero-order valence-electron chi connectivity index (χ0n) is 13.2. The van der Waals surface area contributed by atoms with E-state index in [4.69, 9.17) is 9.47 Å². The van der Waals surface area contributed by atoms with E-state index in [-0.39, 0.29) is 18.6 Å². The maximum absolute atomic E-state index is 12.1. The van der Waals surface area contributed by atoms with E-state index in [1.54, 1.807) is 7.05 Å². The highest BCUT2D eigenvalue weighted by molar-refractivity contribution is 14.1. The average Bonchev–Trinajstić information content (AvgIpc) is 2.30. The van der Waals surface area contributed by atoms with Crippen molar-refractivity contribution in [2.75, 3.05) is 18.1 Å². The third-order valence-corrected chi connectivity index (χ3v) is 4.15. The number of nitrogens with zero attached hydrogens (tertiary/aromatic N) is 1. The Morgan fingerprint density at radius 2 is 1.85 bits per heavy atom. The summed E-state index contributed by atoms with van der Waals surface area (Å²) in [5, 5.41) is 0. The van der Waals surface area contributed by atoms with Crippen molar-refractivity contribution in [3.63, 3.8) is 0 Å². The fraction of sp³-hybridized carbons (Fsp3) is 0.857. The number of halogens is 1. The van der Waals surface area contributed by atoms with Crippen LogP contribution in [0.3, 0.4) is 0 Å². The lowest BCUT2D eigenvalue weighted by Crippen LogP contribution is -2.44. The molecule has 0 spiro atoms. The Balaban J connectivity index is 4.72. The fourth-order valence-corrected chi connectivity index (χ4v) is 1.92. The number of rotatable bonds is 6. The normalized spacial score (nSPS) is 14.3. The molecule has 20 heavy (non-hydrogen) atoms. The molecule has 0 aliphatic heterocycles. The molecule has 0 saturated carbocycles. The maximum Gasteiger partial charge on any atom is 0.410 e. The monoisotopic (exact) mass is 399 g/mol. The highest BCUT2D eigenvalue weighted by Gasteiger charge is 2.27. The molecule has 0 aromatic rings. The molecular weight excluding hydrogens is 373 g/mol. The van der Waals surface area contributed by atoms with E-state index >= 15 is 0 Å². The molecule has 0 saturated heterocycles. The van der Waals surface area contributed by atoms with E-state index in [1.165, 1.54) is 11.8 Å². The number of likely N-dealkylation sites (N-methyl/N-ethyl adjacent to an activating group) is 1. The third kappa shape index (κ3) is 8.60. The average molecular weight is 399 g/mol. The largest absolute Gasteiger partial charge is 0.464 e. The molecule has 6 heteroatoms. The lowest BCUT2D eigenvalue weighted by Gasteiger charge is -2.31. The summed E-state index contributed by atoms with van der Waals surface area (Å²) >= 11 is 2.31. The van der Waals surface area contributed by atoms with Crippen LogP contribution in [0.1, 0.15) is 41.0 Å². The number of esters is 1. The van der Waals surface area contributed by atoms with E-state index in [1.807, 2.05) is 20.8 Å². The van der Waals surface area contributed by atoms with E-state index in [0.29, 0.717) is 5.92 Å². The first-order valence-corrected chi connectivity index (χ1v) is 8.24. The summed E-state index contributed by atoms with van der Waals surface area (Å²) in [6.45, 7) is 9.16. The predicted octanol–water partition coefficient (Wildman–Crippen LogP) is 3.25. The minimum absolute atomic E-state index is 0.168. The van der Waals surface area contributed by atoms with Crippen LogP contribution in [-0.2, 0) is 14.3 Å². The molecule has 0 aliphatic rings. The van der Waals surface area contributed by atoms with Gasteiger partial charge in [-0.05, 0) is 33.1 Å². The van der Waals surface area contributed by atoms with Crippen LogP contribution < -0.4 is 0 Å². The van der Waals surface area contributed by atoms with E-state index in [0.717, 1.165) is 10.8 Å². The van der Waals surface area contributed by atoms with Gasteiger partial charge in [0.25, 0.3) is 0 Å². The van der Waals surface area contributed by atoms with Gasteiger partial charge < -0.3 is 14.4 Å². The summed E-state index contributed by atoms with van der Waals surface area (Å²) in [4.78, 5) is 24.6. The van der Waals surface area contributed by atoms with Crippen molar-refractivity contribution < 1.29 is 19.1 Å². The number of hydrogen-bond acceptors (Lipinski definition) is 4. The summed E-state index contributed by atoms with van der Waals surface area (Å²) in [6, 6.07) is -0.168. The molecule has 2 atom stereocenters. The lowest BCUT2D eigenvalue weighted by molar-refractivity contribution is -0.142. The molecule has 0 fully saturated rings. The summed E-state index contributed by atoms with van der Waals surface area (Å²) < 4.78 is 11.4. The van der Waals surface area contributed by atoms with Crippen LogP contribution in [0, 0.1) is 5.92 Å². The van der Waals surface area contributed by atoms with Crippen LogP contribution >= 0.6 is 22.6 Å². The van der Waals surface area contributed by atoms with Crippen molar-refractivity contribution in [3.05, 3.63) is 0 Å². The van der Waals surface area contributed by atoms with Crippen LogP contribution in [0.25, 0.3) is 0 Å². The second kappa shape index (κ2) is 8.69. The van der Waals surface area contributed by atoms with E-state index in [2.05, 4.69) is 29.5 Å². The van der Waals surface area contributed by atoms with Gasteiger partial charge in [0.15, 0.2) is 0 Å². The van der Waals surface area contributed by atoms with Crippen molar-refractivity contribution >= 4 is 34.7 Å². The smallest absolute Gasteiger partial charge is 0.410 e. The fourth-order valence-electron chi connectivity index (χ4n) is 1.56. The third-order valence-electron chi connectivity index (χ3n) is 2.65. The number of carbonyl (C=O) groups excluding carboxylic acids is 2. The van der Waals surface area contributed by atoms with Crippen molar-refractivity contribution in [2.45, 2.75) is 52.7 Å². The van der Waals surface area contributed by atoms with Gasteiger partial charge in [-0.2, -0.15) is 0 Å². The summed E-state index contributed by atoms with van der Waals surface area (Å²) in [5.41, 5.74) is -0.536. The molecule has 0 aromatic heterocycles. The van der Waals surface area contributed by atoms with Crippen molar-refractivity contribution in [3.8, 4) is 0 Å². The topological polar surface area (TPSA) is 55.8 Å². The molecule has 0 aliphatic carbocycles. The summed E-state index contributed by atoms with van der Waals surface area (Å²) in [6.07, 6.45) is 0.377. The first kappa shape index (κ1) is 19.5. The second-order valence-corrected chi connectivity index (χ2v) is 6.92. The highest BCUT2D eigenvalue weighted by atomic mass is 127. The predicted molar refractivity (Wildman–Crippen MR) is 87.1 cm³/mol. The van der Waals surface area contributed by atoms with Crippen LogP contribution in [-0.4, -0.2) is 46.7 Å². The Morgan fingerprint density at radius 1 is 1.30 bits per heavy atom. The summed E-state index contributed by atoms with van der Waals surface area (Å²) in [5.74, 6) is 0.0933. The molecule has 118 valence electrons. The second-order valence-electron chi connectivity index (χ2n) is 6.04. The molecule has 0 bridgehead atoms. The molecule has 0 N–H and O–H groups in total. The van der Waals surface area contributed by atoms with Gasteiger partial charge in [0.2, 0.25) is 0 Å². The number of hydrogen-bond donors (Lipinski definition) is 0. The van der Waals surface area contributed by atoms with Crippen molar-refractivity contribution in [1.29, 1.82) is 0 Å². The standard InChI is InChI=1S/C14H26INO4/c1-10(8-15)7-12(9-19-11(2)17)16(6)13(18)20-14(3,4)5/h10,12H,7-9H2,1-6H3/t10-,12-/m0/s1. The Hall–Kier alpha value is -0.530. The van der Waals surface area contributed by atoms with Crippen LogP contribution in [0.15, 0.2) is 0 Å². The van der Waals surface area contributed by atoms with E-state index in [9.17, 15) is 9.59 Å². The van der Waals surface area contributed by atoms with Crippen LogP contribution in [0.5, 0.6) is 0 Å². The van der Waals surface area contributed by atoms with Gasteiger partial charge in [0.1, 0.15) is 12.2 Å². The molecule has 1 amide bonds. The minimum Gasteiger partial charge on any atom is -0.464 e.